The number of ether oxygens (including phenoxy) is 1. The molecule has 3 aromatic carbocycles. The number of imide groups is 1. The maximum atomic E-state index is 13.8. The van der Waals surface area contributed by atoms with Gasteiger partial charge >= 0.3 is 0 Å². The van der Waals surface area contributed by atoms with Gasteiger partial charge in [0, 0.05) is 37.0 Å². The Labute approximate surface area is 268 Å². The average molecular weight is 633 g/mol. The monoisotopic (exact) mass is 632 g/mol. The van der Waals surface area contributed by atoms with E-state index in [9.17, 15) is 18.8 Å². The Morgan fingerprint density at radius 2 is 1.84 bits per heavy atom. The first-order valence-electron chi connectivity index (χ1n) is 15.0. The number of rotatable bonds is 8. The van der Waals surface area contributed by atoms with Crippen LogP contribution in [0.5, 0.6) is 5.75 Å². The van der Waals surface area contributed by atoms with E-state index >= 15 is 0 Å². The summed E-state index contributed by atoms with van der Waals surface area (Å²) in [4.78, 5) is 43.5. The number of anilines is 2. The molecular formula is C35H38ClFN4O4. The van der Waals surface area contributed by atoms with Crippen molar-refractivity contribution in [3.05, 3.63) is 99.8 Å². The summed E-state index contributed by atoms with van der Waals surface area (Å²) in [6, 6.07) is 16.4. The van der Waals surface area contributed by atoms with E-state index in [0.717, 1.165) is 56.4 Å². The predicted molar refractivity (Wildman–Crippen MR) is 175 cm³/mol. The Hall–Kier alpha value is -4.21. The van der Waals surface area contributed by atoms with Gasteiger partial charge in [-0.25, -0.2) is 4.39 Å². The number of halogens is 2. The minimum atomic E-state index is -0.631. The Balaban J connectivity index is 1.34. The lowest BCUT2D eigenvalue weighted by Gasteiger charge is -2.27. The number of hydrogen-bond acceptors (Lipinski definition) is 6. The number of allylic oxidation sites excluding steroid dienone is 1. The summed E-state index contributed by atoms with van der Waals surface area (Å²) in [5.41, 5.74) is 4.10. The number of fused-ring (bicyclic) bond motifs is 1. The van der Waals surface area contributed by atoms with E-state index in [-0.39, 0.29) is 45.5 Å². The molecule has 1 heterocycles. The summed E-state index contributed by atoms with van der Waals surface area (Å²) in [7, 11) is 5.18. The summed E-state index contributed by atoms with van der Waals surface area (Å²) in [5, 5.41) is 6.31. The van der Waals surface area contributed by atoms with Gasteiger partial charge in [-0.15, -0.1) is 0 Å². The highest BCUT2D eigenvalue weighted by Crippen LogP contribution is 2.48. The molecule has 0 unspecified atom stereocenters. The highest BCUT2D eigenvalue weighted by Gasteiger charge is 2.38. The minimum absolute atomic E-state index is 0.0367. The number of carbonyl (C=O) groups excluding carboxylic acids is 3. The van der Waals surface area contributed by atoms with E-state index in [2.05, 4.69) is 28.8 Å². The molecule has 10 heteroatoms. The normalized spacial score (nSPS) is 18.3. The molecule has 1 aliphatic heterocycles. The second kappa shape index (κ2) is 13.8. The largest absolute Gasteiger partial charge is 0.495 e. The average Bonchev–Trinajstić information content (AvgIpc) is 3.30. The number of hydrogen-bond donors (Lipinski definition) is 2. The molecule has 2 N–H and O–H groups in total. The topological polar surface area (TPSA) is 91.0 Å². The summed E-state index contributed by atoms with van der Waals surface area (Å²) in [6.45, 7) is 1.59. The van der Waals surface area contributed by atoms with Crippen LogP contribution in [0, 0.1) is 11.2 Å². The van der Waals surface area contributed by atoms with Gasteiger partial charge in [0.25, 0.3) is 17.7 Å². The zero-order chi connectivity index (χ0) is 32.1. The first kappa shape index (κ1) is 32.2. The summed E-state index contributed by atoms with van der Waals surface area (Å²) in [6.07, 6.45) is 6.27. The highest BCUT2D eigenvalue weighted by molar-refractivity contribution is 6.34. The van der Waals surface area contributed by atoms with Crippen molar-refractivity contribution in [3.8, 4) is 5.75 Å². The molecule has 2 aliphatic rings. The van der Waals surface area contributed by atoms with Gasteiger partial charge in [-0.3, -0.25) is 19.3 Å². The molecule has 0 saturated heterocycles. The van der Waals surface area contributed by atoms with Crippen LogP contribution in [0.3, 0.4) is 0 Å². The summed E-state index contributed by atoms with van der Waals surface area (Å²) in [5.74, 6) is -1.84. The zero-order valence-corrected chi connectivity index (χ0v) is 26.5. The maximum Gasteiger partial charge on any atom is 0.260 e. The van der Waals surface area contributed by atoms with Crippen LogP contribution in [0.25, 0.3) is 0 Å². The third-order valence-electron chi connectivity index (χ3n) is 8.61. The third-order valence-corrected chi connectivity index (χ3v) is 8.94. The number of amides is 3. The predicted octanol–water partition coefficient (Wildman–Crippen LogP) is 6.43. The molecule has 0 aromatic heterocycles. The molecule has 3 amide bonds. The molecule has 1 aliphatic carbocycles. The van der Waals surface area contributed by atoms with Crippen LogP contribution in [-0.2, 0) is 11.2 Å². The van der Waals surface area contributed by atoms with Crippen LogP contribution in [-0.4, -0.2) is 68.4 Å². The lowest BCUT2D eigenvalue weighted by atomic mass is 9.77. The molecule has 0 bridgehead atoms. The second-order valence-electron chi connectivity index (χ2n) is 12.1. The minimum Gasteiger partial charge on any atom is -0.495 e. The van der Waals surface area contributed by atoms with Gasteiger partial charge < -0.3 is 20.3 Å². The van der Waals surface area contributed by atoms with Crippen LogP contribution in [0.4, 0.5) is 15.8 Å². The Bertz CT molecular complexity index is 1640. The smallest absolute Gasteiger partial charge is 0.260 e. The van der Waals surface area contributed by atoms with Crippen molar-refractivity contribution in [3.63, 3.8) is 0 Å². The fourth-order valence-corrected chi connectivity index (χ4v) is 6.39. The van der Waals surface area contributed by atoms with E-state index in [0.29, 0.717) is 6.54 Å². The van der Waals surface area contributed by atoms with Crippen molar-refractivity contribution < 1.29 is 23.5 Å². The number of nitrogens with zero attached hydrogens (tertiary/aromatic N) is 2. The summed E-state index contributed by atoms with van der Waals surface area (Å²) < 4.78 is 19.2. The van der Waals surface area contributed by atoms with Gasteiger partial charge in [0.2, 0.25) is 0 Å². The fourth-order valence-electron chi connectivity index (χ4n) is 6.18. The van der Waals surface area contributed by atoms with E-state index < -0.39 is 17.6 Å². The van der Waals surface area contributed by atoms with Crippen LogP contribution in [0.15, 0.2) is 72.3 Å². The molecule has 5 rings (SSSR count). The number of likely N-dealkylation sites (N-methyl/N-ethyl adjacent to an activating group) is 1. The fraction of sp³-hybridized carbons (Fsp3) is 0.343. The highest BCUT2D eigenvalue weighted by atomic mass is 35.5. The quantitative estimate of drug-likeness (QED) is 0.278. The molecule has 3 aromatic rings. The molecule has 236 valence electrons. The van der Waals surface area contributed by atoms with Crippen LogP contribution in [0.1, 0.15) is 52.0 Å². The standard InChI is InChI=1S/C35H38ClFN4O4/c1-40(2)16-17-41(32(42)18-23-12-13-35(21-23)14-15-38-29-7-5-4-6-25(29)22-35)34(44)24-8-11-30(31(19-24)45-3)39-33(43)27-20-26(37)9-10-28(27)36/h4-11,18-20,38H,12-17,21-22H2,1-3H3,(H,39,43)/t35-/m1/s1. The van der Waals surface area contributed by atoms with Crippen molar-refractivity contribution in [1.29, 1.82) is 0 Å². The first-order valence-corrected chi connectivity index (χ1v) is 15.4. The third kappa shape index (κ3) is 7.54. The molecule has 0 radical (unpaired) electrons. The van der Waals surface area contributed by atoms with Gasteiger partial charge in [0.15, 0.2) is 0 Å². The Kier molecular flexibility index (Phi) is 9.90. The van der Waals surface area contributed by atoms with Crippen molar-refractivity contribution in [1.82, 2.24) is 9.80 Å². The van der Waals surface area contributed by atoms with Gasteiger partial charge in [0.1, 0.15) is 11.6 Å². The van der Waals surface area contributed by atoms with E-state index in [1.54, 1.807) is 6.08 Å². The number of para-hydroxylation sites is 1. The zero-order valence-electron chi connectivity index (χ0n) is 25.8. The second-order valence-corrected chi connectivity index (χ2v) is 12.5. The summed E-state index contributed by atoms with van der Waals surface area (Å²) >= 11 is 6.09. The molecule has 1 fully saturated rings. The van der Waals surface area contributed by atoms with Gasteiger partial charge in [-0.1, -0.05) is 35.4 Å². The lowest BCUT2D eigenvalue weighted by Crippen LogP contribution is -2.40. The Morgan fingerprint density at radius 1 is 1.04 bits per heavy atom. The van der Waals surface area contributed by atoms with Crippen LogP contribution >= 0.6 is 11.6 Å². The molecule has 45 heavy (non-hydrogen) atoms. The number of methoxy groups -OCH3 is 1. The van der Waals surface area contributed by atoms with E-state index in [1.165, 1.54) is 47.5 Å². The molecule has 1 atom stereocenters. The number of carbonyl (C=O) groups is 3. The van der Waals surface area contributed by atoms with E-state index in [1.807, 2.05) is 25.1 Å². The van der Waals surface area contributed by atoms with Crippen molar-refractivity contribution in [2.24, 2.45) is 5.41 Å². The maximum absolute atomic E-state index is 13.8. The first-order chi connectivity index (χ1) is 21.6. The number of nitrogens with one attached hydrogen (secondary N) is 2. The number of benzene rings is 3. The molecular weight excluding hydrogens is 595 g/mol. The van der Waals surface area contributed by atoms with Gasteiger partial charge in [-0.2, -0.15) is 0 Å². The van der Waals surface area contributed by atoms with E-state index in [4.69, 9.17) is 16.3 Å². The van der Waals surface area contributed by atoms with Gasteiger partial charge in [0.05, 0.1) is 23.4 Å². The Morgan fingerprint density at radius 3 is 2.62 bits per heavy atom. The molecule has 1 spiro atoms. The molecule has 1 saturated carbocycles. The van der Waals surface area contributed by atoms with Crippen LogP contribution < -0.4 is 15.4 Å². The van der Waals surface area contributed by atoms with Crippen LogP contribution in [0.2, 0.25) is 5.02 Å². The molecule has 8 nitrogen and oxygen atoms in total. The van der Waals surface area contributed by atoms with Gasteiger partial charge in [-0.05, 0) is 99.6 Å². The van der Waals surface area contributed by atoms with Crippen molar-refractivity contribution in [2.75, 3.05) is 51.5 Å². The SMILES string of the molecule is COc1cc(C(=O)N(CCN(C)C)C(=O)C=C2CC[C@@]3(CCNc4ccccc4C3)C2)ccc1NC(=O)c1cc(F)ccc1Cl. The van der Waals surface area contributed by atoms with Crippen molar-refractivity contribution in [2.45, 2.75) is 32.1 Å². The van der Waals surface area contributed by atoms with Crippen molar-refractivity contribution >= 4 is 40.7 Å². The lowest BCUT2D eigenvalue weighted by molar-refractivity contribution is -0.123.